The highest BCUT2D eigenvalue weighted by Crippen LogP contribution is 2.25. The molecule has 0 aromatic heterocycles. The van der Waals surface area contributed by atoms with Gasteiger partial charge in [-0.15, -0.1) is 0 Å². The van der Waals surface area contributed by atoms with E-state index in [0.717, 1.165) is 0 Å². The van der Waals surface area contributed by atoms with Crippen LogP contribution in [0.2, 0.25) is 10.0 Å². The second-order valence-electron chi connectivity index (χ2n) is 4.79. The lowest BCUT2D eigenvalue weighted by Crippen LogP contribution is -2.50. The lowest BCUT2D eigenvalue weighted by atomic mass is 9.91. The first-order chi connectivity index (χ1) is 9.32. The van der Waals surface area contributed by atoms with Gasteiger partial charge in [-0.25, -0.2) is 4.79 Å². The minimum Gasteiger partial charge on any atom is -0.479 e. The Balaban J connectivity index is 2.10. The number of hydrogen-bond acceptors (Lipinski definition) is 3. The number of nitrogens with zero attached hydrogens (tertiary/aromatic N) is 1. The van der Waals surface area contributed by atoms with Crippen LogP contribution in [0.3, 0.4) is 0 Å². The molecule has 2 rings (SSSR count). The number of likely N-dealkylation sites (tertiary alicyclic amines) is 1. The maximum absolute atomic E-state index is 12.3. The van der Waals surface area contributed by atoms with Crippen LogP contribution in [0.5, 0.6) is 0 Å². The summed E-state index contributed by atoms with van der Waals surface area (Å²) in [6, 6.07) is 4.54. The molecule has 1 aliphatic heterocycles. The molecule has 1 aromatic rings. The molecule has 5 nitrogen and oxygen atoms in total. The van der Waals surface area contributed by atoms with Crippen LogP contribution in [0.1, 0.15) is 23.2 Å². The number of rotatable bonds is 2. The van der Waals surface area contributed by atoms with Crippen molar-refractivity contribution in [3.63, 3.8) is 0 Å². The van der Waals surface area contributed by atoms with Crippen molar-refractivity contribution in [3.05, 3.63) is 33.8 Å². The van der Waals surface area contributed by atoms with E-state index in [2.05, 4.69) is 0 Å². The Morgan fingerprint density at radius 2 is 1.60 bits per heavy atom. The molecule has 0 spiro atoms. The number of halogens is 2. The Labute approximate surface area is 125 Å². The topological polar surface area (TPSA) is 77.8 Å². The second kappa shape index (κ2) is 5.60. The number of benzene rings is 1. The van der Waals surface area contributed by atoms with E-state index in [1.54, 1.807) is 0 Å². The first-order valence-electron chi connectivity index (χ1n) is 6.03. The third kappa shape index (κ3) is 3.06. The largest absolute Gasteiger partial charge is 0.479 e. The van der Waals surface area contributed by atoms with Gasteiger partial charge in [0, 0.05) is 41.5 Å². The first kappa shape index (κ1) is 15.1. The monoisotopic (exact) mass is 317 g/mol. The highest BCUT2D eigenvalue weighted by atomic mass is 35.5. The average Bonchev–Trinajstić information content (AvgIpc) is 2.37. The van der Waals surface area contributed by atoms with E-state index in [9.17, 15) is 14.7 Å². The van der Waals surface area contributed by atoms with Crippen LogP contribution in [0.25, 0.3) is 0 Å². The smallest absolute Gasteiger partial charge is 0.335 e. The molecule has 0 unspecified atom stereocenters. The lowest BCUT2D eigenvalue weighted by molar-refractivity contribution is -0.162. The maximum Gasteiger partial charge on any atom is 0.335 e. The number of piperidine rings is 1. The van der Waals surface area contributed by atoms with E-state index >= 15 is 0 Å². The van der Waals surface area contributed by atoms with E-state index in [0.29, 0.717) is 15.6 Å². The van der Waals surface area contributed by atoms with E-state index < -0.39 is 11.6 Å². The Hall–Kier alpha value is -1.30. The molecule has 2 N–H and O–H groups in total. The van der Waals surface area contributed by atoms with Crippen LogP contribution in [0, 0.1) is 0 Å². The lowest BCUT2D eigenvalue weighted by Gasteiger charge is -2.35. The summed E-state index contributed by atoms with van der Waals surface area (Å²) in [5, 5.41) is 19.5. The summed E-state index contributed by atoms with van der Waals surface area (Å²) in [5.74, 6) is -1.53. The van der Waals surface area contributed by atoms with Gasteiger partial charge in [-0.05, 0) is 18.2 Å². The molecule has 20 heavy (non-hydrogen) atoms. The molecule has 7 heteroatoms. The van der Waals surface area contributed by atoms with Crippen molar-refractivity contribution in [3.8, 4) is 0 Å². The normalized spacial score (nSPS) is 17.9. The molecule has 108 valence electrons. The zero-order valence-electron chi connectivity index (χ0n) is 10.5. The summed E-state index contributed by atoms with van der Waals surface area (Å²) >= 11 is 11.7. The van der Waals surface area contributed by atoms with Gasteiger partial charge >= 0.3 is 5.97 Å². The van der Waals surface area contributed by atoms with Crippen LogP contribution in [-0.4, -0.2) is 45.7 Å². The molecule has 0 saturated carbocycles. The summed E-state index contributed by atoms with van der Waals surface area (Å²) in [6.07, 6.45) is 0.00470. The number of amides is 1. The first-order valence-corrected chi connectivity index (χ1v) is 6.78. The van der Waals surface area contributed by atoms with E-state index in [1.807, 2.05) is 0 Å². The predicted molar refractivity (Wildman–Crippen MR) is 74.2 cm³/mol. The van der Waals surface area contributed by atoms with Crippen LogP contribution >= 0.6 is 23.2 Å². The summed E-state index contributed by atoms with van der Waals surface area (Å²) in [6.45, 7) is 0.345. The fourth-order valence-electron chi connectivity index (χ4n) is 2.15. The summed E-state index contributed by atoms with van der Waals surface area (Å²) in [7, 11) is 0. The summed E-state index contributed by atoms with van der Waals surface area (Å²) in [4.78, 5) is 24.7. The van der Waals surface area contributed by atoms with Crippen LogP contribution < -0.4 is 0 Å². The van der Waals surface area contributed by atoms with Crippen molar-refractivity contribution in [1.82, 2.24) is 4.90 Å². The van der Waals surface area contributed by atoms with E-state index in [1.165, 1.54) is 23.1 Å². The molecule has 0 bridgehead atoms. The van der Waals surface area contributed by atoms with Gasteiger partial charge in [0.25, 0.3) is 5.91 Å². The van der Waals surface area contributed by atoms with E-state index in [4.69, 9.17) is 28.3 Å². The zero-order chi connectivity index (χ0) is 14.9. The fourth-order valence-corrected chi connectivity index (χ4v) is 2.68. The Bertz CT molecular complexity index is 533. The fraction of sp³-hybridized carbons (Fsp3) is 0.385. The quantitative estimate of drug-likeness (QED) is 0.875. The van der Waals surface area contributed by atoms with Crippen LogP contribution in [0.4, 0.5) is 0 Å². The van der Waals surface area contributed by atoms with Crippen molar-refractivity contribution >= 4 is 35.1 Å². The molecule has 1 amide bonds. The maximum atomic E-state index is 12.3. The van der Waals surface area contributed by atoms with Crippen LogP contribution in [-0.2, 0) is 4.79 Å². The average molecular weight is 318 g/mol. The Kier molecular flexibility index (Phi) is 4.22. The molecule has 1 heterocycles. The van der Waals surface area contributed by atoms with Gasteiger partial charge in [-0.2, -0.15) is 0 Å². The number of carboxylic acid groups (broad SMARTS) is 1. The highest BCUT2D eigenvalue weighted by molar-refractivity contribution is 6.35. The molecule has 0 radical (unpaired) electrons. The molecule has 1 aromatic carbocycles. The molecule has 1 fully saturated rings. The van der Waals surface area contributed by atoms with Crippen molar-refractivity contribution in [2.45, 2.75) is 18.4 Å². The number of carbonyl (C=O) groups is 2. The summed E-state index contributed by atoms with van der Waals surface area (Å²) < 4.78 is 0. The van der Waals surface area contributed by atoms with Gasteiger partial charge in [-0.1, -0.05) is 23.2 Å². The predicted octanol–water partition coefficient (Wildman–Crippen LogP) is 2.05. The molecule has 1 aliphatic rings. The van der Waals surface area contributed by atoms with Crippen molar-refractivity contribution in [2.24, 2.45) is 0 Å². The molecule has 1 saturated heterocycles. The van der Waals surface area contributed by atoms with E-state index in [-0.39, 0.29) is 31.8 Å². The molecular formula is C13H13Cl2NO4. The standard InChI is InChI=1S/C13H13Cl2NO4/c14-9-5-8(6-10(15)7-9)11(17)16-3-1-13(20,2-4-16)12(18)19/h5-7,20H,1-4H2,(H,18,19). The third-order valence-electron chi connectivity index (χ3n) is 3.39. The highest BCUT2D eigenvalue weighted by Gasteiger charge is 2.40. The number of aliphatic carboxylic acids is 1. The number of aliphatic hydroxyl groups is 1. The minimum absolute atomic E-state index is 0.00235. The van der Waals surface area contributed by atoms with Gasteiger partial charge in [0.15, 0.2) is 5.60 Å². The van der Waals surface area contributed by atoms with Gasteiger partial charge < -0.3 is 15.1 Å². The molecular weight excluding hydrogens is 305 g/mol. The van der Waals surface area contributed by atoms with Gasteiger partial charge in [0.1, 0.15) is 0 Å². The number of carboxylic acids is 1. The van der Waals surface area contributed by atoms with Crippen molar-refractivity contribution < 1.29 is 19.8 Å². The van der Waals surface area contributed by atoms with Crippen molar-refractivity contribution in [2.75, 3.05) is 13.1 Å². The van der Waals surface area contributed by atoms with Gasteiger partial charge in [-0.3, -0.25) is 4.79 Å². The van der Waals surface area contributed by atoms with Gasteiger partial charge in [0.2, 0.25) is 0 Å². The van der Waals surface area contributed by atoms with Crippen molar-refractivity contribution in [1.29, 1.82) is 0 Å². The van der Waals surface area contributed by atoms with Crippen LogP contribution in [0.15, 0.2) is 18.2 Å². The number of carbonyl (C=O) groups excluding carboxylic acids is 1. The third-order valence-corrected chi connectivity index (χ3v) is 3.82. The molecule has 0 atom stereocenters. The summed E-state index contributed by atoms with van der Waals surface area (Å²) in [5.41, 5.74) is -1.40. The zero-order valence-corrected chi connectivity index (χ0v) is 12.0. The SMILES string of the molecule is O=C(c1cc(Cl)cc(Cl)c1)N1CCC(O)(C(=O)O)CC1. The number of hydrogen-bond donors (Lipinski definition) is 2. The van der Waals surface area contributed by atoms with Gasteiger partial charge in [0.05, 0.1) is 0 Å². The second-order valence-corrected chi connectivity index (χ2v) is 5.66. The minimum atomic E-state index is -1.75. The Morgan fingerprint density at radius 1 is 1.10 bits per heavy atom. The molecule has 0 aliphatic carbocycles. The Morgan fingerprint density at radius 3 is 2.05 bits per heavy atom.